The molecule has 0 bridgehead atoms. The normalized spacial score (nSPS) is 19.0. The summed E-state index contributed by atoms with van der Waals surface area (Å²) in [5.41, 5.74) is 1.15. The minimum Gasteiger partial charge on any atom is -0.497 e. The predicted molar refractivity (Wildman–Crippen MR) is 130 cm³/mol. The Morgan fingerprint density at radius 2 is 1.61 bits per heavy atom. The van der Waals surface area contributed by atoms with E-state index in [9.17, 15) is 4.57 Å². The highest BCUT2D eigenvalue weighted by Gasteiger charge is 2.45. The minimum absolute atomic E-state index is 0.0169. The molecular formula is C27H32NO2P. The Labute approximate surface area is 186 Å². The van der Waals surface area contributed by atoms with Gasteiger partial charge in [0.1, 0.15) is 5.75 Å². The molecule has 3 aromatic rings. The van der Waals surface area contributed by atoms with Crippen molar-refractivity contribution >= 4 is 17.9 Å². The van der Waals surface area contributed by atoms with Gasteiger partial charge < -0.3 is 4.74 Å². The number of hydrogen-bond donors (Lipinski definition) is 1. The van der Waals surface area contributed by atoms with E-state index in [1.54, 1.807) is 7.11 Å². The molecule has 1 aliphatic carbocycles. The van der Waals surface area contributed by atoms with Crippen molar-refractivity contribution in [2.75, 3.05) is 7.11 Å². The fourth-order valence-corrected chi connectivity index (χ4v) is 7.01. The van der Waals surface area contributed by atoms with Crippen LogP contribution in [0.25, 0.3) is 0 Å². The van der Waals surface area contributed by atoms with E-state index in [2.05, 4.69) is 24.1 Å². The summed E-state index contributed by atoms with van der Waals surface area (Å²) in [6.45, 7) is 2.24. The first kappa shape index (κ1) is 21.9. The highest BCUT2D eigenvalue weighted by atomic mass is 31.2. The summed E-state index contributed by atoms with van der Waals surface area (Å²) >= 11 is 0. The quantitative estimate of drug-likeness (QED) is 0.394. The van der Waals surface area contributed by atoms with Gasteiger partial charge >= 0.3 is 0 Å². The number of ether oxygens (including phenoxy) is 1. The summed E-state index contributed by atoms with van der Waals surface area (Å²) in [4.78, 5) is 0. The molecule has 0 unspecified atom stereocenters. The topological polar surface area (TPSA) is 38.3 Å². The van der Waals surface area contributed by atoms with Gasteiger partial charge in [0, 0.05) is 16.7 Å². The van der Waals surface area contributed by atoms with Gasteiger partial charge in [-0.05, 0) is 60.2 Å². The van der Waals surface area contributed by atoms with Gasteiger partial charge in [-0.15, -0.1) is 0 Å². The number of rotatable bonds is 10. The predicted octanol–water partition coefficient (Wildman–Crippen LogP) is 6.08. The van der Waals surface area contributed by atoms with Gasteiger partial charge in [0.2, 0.25) is 7.29 Å². The molecule has 1 aliphatic rings. The maximum Gasteiger partial charge on any atom is 0.205 e. The minimum atomic E-state index is -3.03. The van der Waals surface area contributed by atoms with Gasteiger partial charge in [-0.3, -0.25) is 9.65 Å². The van der Waals surface area contributed by atoms with Crippen LogP contribution >= 0.6 is 7.29 Å². The van der Waals surface area contributed by atoms with Crippen molar-refractivity contribution in [3.05, 3.63) is 90.5 Å². The average Bonchev–Trinajstić information content (AvgIpc) is 3.61. The Balaban J connectivity index is 1.73. The summed E-state index contributed by atoms with van der Waals surface area (Å²) in [7, 11) is -1.33. The molecule has 0 spiro atoms. The lowest BCUT2D eigenvalue weighted by molar-refractivity contribution is 0.412. The Bertz CT molecular complexity index is 978. The van der Waals surface area contributed by atoms with Crippen molar-refractivity contribution in [2.45, 2.75) is 38.6 Å². The molecule has 3 atom stereocenters. The van der Waals surface area contributed by atoms with E-state index in [4.69, 9.17) is 4.74 Å². The van der Waals surface area contributed by atoms with Crippen molar-refractivity contribution in [3.8, 4) is 5.75 Å². The summed E-state index contributed by atoms with van der Waals surface area (Å²) in [6, 6.07) is 28.0. The third-order valence-corrected chi connectivity index (χ3v) is 9.04. The Morgan fingerprint density at radius 1 is 0.968 bits per heavy atom. The summed E-state index contributed by atoms with van der Waals surface area (Å²) < 4.78 is 20.2. The lowest BCUT2D eigenvalue weighted by atomic mass is 10.0. The fraction of sp³-hybridized carbons (Fsp3) is 0.333. The highest BCUT2D eigenvalue weighted by molar-refractivity contribution is 7.76. The summed E-state index contributed by atoms with van der Waals surface area (Å²) in [5, 5.41) is 5.39. The lowest BCUT2D eigenvalue weighted by Gasteiger charge is -2.28. The van der Waals surface area contributed by atoms with E-state index in [0.29, 0.717) is 11.8 Å². The van der Waals surface area contributed by atoms with Gasteiger partial charge in [-0.25, -0.2) is 0 Å². The number of nitrogens with one attached hydrogen (secondary N) is 1. The first-order valence-corrected chi connectivity index (χ1v) is 13.0. The number of hydrogen-bond acceptors (Lipinski definition) is 2. The largest absolute Gasteiger partial charge is 0.497 e. The molecule has 1 fully saturated rings. The van der Waals surface area contributed by atoms with Crippen molar-refractivity contribution < 1.29 is 9.30 Å². The zero-order valence-corrected chi connectivity index (χ0v) is 19.3. The van der Waals surface area contributed by atoms with E-state index in [0.717, 1.165) is 21.9 Å². The van der Waals surface area contributed by atoms with Crippen molar-refractivity contribution in [1.82, 2.24) is 5.09 Å². The number of methoxy groups -OCH3 is 1. The number of unbranched alkanes of at least 4 members (excludes halogenated alkanes) is 1. The summed E-state index contributed by atoms with van der Waals surface area (Å²) in [5.74, 6) is 2.01. The molecule has 0 saturated heterocycles. The average molecular weight is 434 g/mol. The zero-order chi connectivity index (χ0) is 21.7. The lowest BCUT2D eigenvalue weighted by Crippen LogP contribution is -2.32. The second-order valence-electron chi connectivity index (χ2n) is 8.47. The summed E-state index contributed by atoms with van der Waals surface area (Å²) in [6.07, 6.45) is 4.89. The molecule has 0 amide bonds. The molecule has 0 aliphatic heterocycles. The standard InChI is InChI=1S/C27H32NO2P/c1-3-4-12-21-20-26(21)27(22-13-11-14-23(19-22)30-2)28-31(29,24-15-7-5-8-16-24)25-17-9-6-10-18-25/h5-11,13-19,21,26-27H,3-4,12,20H2,1-2H3,(H,28,29)/t21-,26-,27+/m1/s1. The molecule has 0 aromatic heterocycles. The molecule has 1 saturated carbocycles. The van der Waals surface area contributed by atoms with E-state index in [1.165, 1.54) is 25.7 Å². The zero-order valence-electron chi connectivity index (χ0n) is 18.4. The molecule has 4 rings (SSSR count). The van der Waals surface area contributed by atoms with Crippen LogP contribution in [0.1, 0.15) is 44.2 Å². The van der Waals surface area contributed by atoms with Crippen LogP contribution in [0.2, 0.25) is 0 Å². The SMILES string of the molecule is CCCC[C@@H]1C[C@H]1[C@@H](NP(=O)(c1ccccc1)c1ccccc1)c1cccc(OC)c1. The van der Waals surface area contributed by atoms with Gasteiger partial charge in [0.25, 0.3) is 0 Å². The van der Waals surface area contributed by atoms with Crippen LogP contribution in [0.3, 0.4) is 0 Å². The first-order valence-electron chi connectivity index (χ1n) is 11.3. The number of benzene rings is 3. The molecule has 162 valence electrons. The van der Waals surface area contributed by atoms with Gasteiger partial charge in [0.15, 0.2) is 0 Å². The van der Waals surface area contributed by atoms with Gasteiger partial charge in [0.05, 0.1) is 7.11 Å². The van der Waals surface area contributed by atoms with E-state index < -0.39 is 7.29 Å². The molecular weight excluding hydrogens is 401 g/mol. The monoisotopic (exact) mass is 433 g/mol. The molecule has 0 heterocycles. The second kappa shape index (κ2) is 9.85. The molecule has 3 nitrogen and oxygen atoms in total. The van der Waals surface area contributed by atoms with Crippen LogP contribution in [0, 0.1) is 11.8 Å². The third-order valence-electron chi connectivity index (χ3n) is 6.35. The smallest absolute Gasteiger partial charge is 0.205 e. The van der Waals surface area contributed by atoms with Crippen LogP contribution in [0.4, 0.5) is 0 Å². The van der Waals surface area contributed by atoms with Crippen molar-refractivity contribution in [3.63, 3.8) is 0 Å². The van der Waals surface area contributed by atoms with Crippen LogP contribution in [-0.2, 0) is 4.57 Å². The Kier molecular flexibility index (Phi) is 6.95. The van der Waals surface area contributed by atoms with Crippen LogP contribution in [0.5, 0.6) is 5.75 Å². The first-order chi connectivity index (χ1) is 15.2. The maximum absolute atomic E-state index is 14.7. The molecule has 1 N–H and O–H groups in total. The molecule has 4 heteroatoms. The van der Waals surface area contributed by atoms with Crippen molar-refractivity contribution in [1.29, 1.82) is 0 Å². The van der Waals surface area contributed by atoms with Crippen molar-refractivity contribution in [2.24, 2.45) is 11.8 Å². The second-order valence-corrected chi connectivity index (χ2v) is 11.0. The van der Waals surface area contributed by atoms with Gasteiger partial charge in [-0.1, -0.05) is 74.7 Å². The van der Waals surface area contributed by atoms with Crippen LogP contribution < -0.4 is 20.4 Å². The maximum atomic E-state index is 14.7. The van der Waals surface area contributed by atoms with Gasteiger partial charge in [-0.2, -0.15) is 0 Å². The van der Waals surface area contributed by atoms with E-state index >= 15 is 0 Å². The van der Waals surface area contributed by atoms with Crippen LogP contribution in [0.15, 0.2) is 84.9 Å². The molecule has 0 radical (unpaired) electrons. The van der Waals surface area contributed by atoms with E-state index in [1.807, 2.05) is 72.8 Å². The van der Waals surface area contributed by atoms with Crippen LogP contribution in [-0.4, -0.2) is 7.11 Å². The highest BCUT2D eigenvalue weighted by Crippen LogP contribution is 2.54. The Morgan fingerprint density at radius 3 is 2.19 bits per heavy atom. The Hall–Kier alpha value is -2.35. The third kappa shape index (κ3) is 4.95. The van der Waals surface area contributed by atoms with E-state index in [-0.39, 0.29) is 6.04 Å². The fourth-order valence-electron chi connectivity index (χ4n) is 4.50. The molecule has 3 aromatic carbocycles. The molecule has 31 heavy (non-hydrogen) atoms.